The van der Waals surface area contributed by atoms with Crippen LogP contribution in [0.25, 0.3) is 0 Å². The van der Waals surface area contributed by atoms with Gasteiger partial charge in [-0.25, -0.2) is 4.98 Å². The number of carbonyl (C=O) groups is 1. The second-order valence-corrected chi connectivity index (χ2v) is 3.84. The number of amides is 1. The molecule has 0 saturated carbocycles. The van der Waals surface area contributed by atoms with Crippen LogP contribution in [0.5, 0.6) is 0 Å². The SMILES string of the molecule is CCN(CC(C)C#N)C(=O)c1ccnc(N)c1. The molecule has 1 aromatic heterocycles. The molecule has 1 heterocycles. The summed E-state index contributed by atoms with van der Waals surface area (Å²) >= 11 is 0. The fraction of sp³-hybridized carbons (Fsp3) is 0.417. The van der Waals surface area contributed by atoms with Gasteiger partial charge < -0.3 is 10.6 Å². The Morgan fingerprint density at radius 2 is 2.41 bits per heavy atom. The second kappa shape index (κ2) is 5.85. The third-order valence-electron chi connectivity index (χ3n) is 2.41. The summed E-state index contributed by atoms with van der Waals surface area (Å²) in [4.78, 5) is 17.6. The summed E-state index contributed by atoms with van der Waals surface area (Å²) in [6, 6.07) is 5.28. The van der Waals surface area contributed by atoms with Gasteiger partial charge in [-0.3, -0.25) is 4.79 Å². The van der Waals surface area contributed by atoms with E-state index in [0.29, 0.717) is 24.5 Å². The first kappa shape index (κ1) is 13.0. The maximum atomic E-state index is 12.1. The fourth-order valence-electron chi connectivity index (χ4n) is 1.49. The maximum Gasteiger partial charge on any atom is 0.254 e. The van der Waals surface area contributed by atoms with Gasteiger partial charge in [-0.1, -0.05) is 0 Å². The van der Waals surface area contributed by atoms with E-state index in [-0.39, 0.29) is 11.8 Å². The van der Waals surface area contributed by atoms with Crippen LogP contribution in [-0.4, -0.2) is 28.9 Å². The van der Waals surface area contributed by atoms with E-state index in [4.69, 9.17) is 11.0 Å². The minimum atomic E-state index is -0.182. The van der Waals surface area contributed by atoms with Gasteiger partial charge in [0, 0.05) is 24.8 Å². The van der Waals surface area contributed by atoms with E-state index in [0.717, 1.165) is 0 Å². The Hall–Kier alpha value is -2.09. The summed E-state index contributed by atoms with van der Waals surface area (Å²) in [5.74, 6) is 0.0158. The van der Waals surface area contributed by atoms with Gasteiger partial charge in [-0.2, -0.15) is 5.26 Å². The number of pyridine rings is 1. The van der Waals surface area contributed by atoms with Crippen LogP contribution < -0.4 is 5.73 Å². The van der Waals surface area contributed by atoms with Gasteiger partial charge in [0.2, 0.25) is 0 Å². The zero-order chi connectivity index (χ0) is 12.8. The molecule has 0 aromatic carbocycles. The molecule has 0 spiro atoms. The summed E-state index contributed by atoms with van der Waals surface area (Å²) in [7, 11) is 0. The molecule has 0 radical (unpaired) electrons. The highest BCUT2D eigenvalue weighted by molar-refractivity contribution is 5.94. The summed E-state index contributed by atoms with van der Waals surface area (Å²) in [6.07, 6.45) is 1.50. The van der Waals surface area contributed by atoms with Gasteiger partial charge in [0.1, 0.15) is 5.82 Å². The molecule has 0 fully saturated rings. The molecule has 0 aliphatic heterocycles. The van der Waals surface area contributed by atoms with Gasteiger partial charge >= 0.3 is 0 Å². The van der Waals surface area contributed by atoms with Crippen LogP contribution in [0.15, 0.2) is 18.3 Å². The Morgan fingerprint density at radius 1 is 1.71 bits per heavy atom. The predicted octanol–water partition coefficient (Wildman–Crippen LogP) is 1.29. The molecule has 1 unspecified atom stereocenters. The van der Waals surface area contributed by atoms with Crippen LogP contribution in [0.4, 0.5) is 5.82 Å². The first-order valence-electron chi connectivity index (χ1n) is 5.49. The quantitative estimate of drug-likeness (QED) is 0.847. The van der Waals surface area contributed by atoms with Crippen LogP contribution in [0.3, 0.4) is 0 Å². The summed E-state index contributed by atoms with van der Waals surface area (Å²) in [6.45, 7) is 4.66. The number of nitrogen functional groups attached to an aromatic ring is 1. The highest BCUT2D eigenvalue weighted by Gasteiger charge is 2.16. The lowest BCUT2D eigenvalue weighted by atomic mass is 10.1. The van der Waals surface area contributed by atoms with Gasteiger partial charge in [-0.15, -0.1) is 0 Å². The molecule has 1 rings (SSSR count). The van der Waals surface area contributed by atoms with E-state index in [1.165, 1.54) is 6.20 Å². The van der Waals surface area contributed by atoms with Gasteiger partial charge in [0.25, 0.3) is 5.91 Å². The van der Waals surface area contributed by atoms with Crippen molar-refractivity contribution in [2.75, 3.05) is 18.8 Å². The lowest BCUT2D eigenvalue weighted by molar-refractivity contribution is 0.0752. The molecule has 0 aliphatic rings. The van der Waals surface area contributed by atoms with Crippen LogP contribution in [-0.2, 0) is 0 Å². The Morgan fingerprint density at radius 3 is 2.94 bits per heavy atom. The number of aromatic nitrogens is 1. The Kier molecular flexibility index (Phi) is 4.46. The van der Waals surface area contributed by atoms with Crippen molar-refractivity contribution in [2.24, 2.45) is 5.92 Å². The van der Waals surface area contributed by atoms with Gasteiger partial charge in [0.15, 0.2) is 0 Å². The lowest BCUT2D eigenvalue weighted by Crippen LogP contribution is -2.34. The number of nitrogens with zero attached hydrogens (tertiary/aromatic N) is 3. The van der Waals surface area contributed by atoms with E-state index in [1.54, 1.807) is 24.0 Å². The fourth-order valence-corrected chi connectivity index (χ4v) is 1.49. The van der Waals surface area contributed by atoms with Gasteiger partial charge in [-0.05, 0) is 26.0 Å². The first-order valence-corrected chi connectivity index (χ1v) is 5.49. The largest absolute Gasteiger partial charge is 0.384 e. The molecule has 0 aliphatic carbocycles. The van der Waals surface area contributed by atoms with E-state index < -0.39 is 0 Å². The molecule has 17 heavy (non-hydrogen) atoms. The number of nitriles is 1. The first-order chi connectivity index (χ1) is 8.08. The molecule has 0 saturated heterocycles. The minimum absolute atomic E-state index is 0.122. The van der Waals surface area contributed by atoms with Gasteiger partial charge in [0.05, 0.1) is 12.0 Å². The molecule has 5 heteroatoms. The summed E-state index contributed by atoms with van der Waals surface area (Å²) < 4.78 is 0. The maximum absolute atomic E-state index is 12.1. The number of hydrogen-bond acceptors (Lipinski definition) is 4. The number of anilines is 1. The highest BCUT2D eigenvalue weighted by Crippen LogP contribution is 2.09. The number of hydrogen-bond donors (Lipinski definition) is 1. The van der Waals surface area contributed by atoms with Crippen LogP contribution in [0.1, 0.15) is 24.2 Å². The monoisotopic (exact) mass is 232 g/mol. The minimum Gasteiger partial charge on any atom is -0.384 e. The average Bonchev–Trinajstić information content (AvgIpc) is 2.34. The second-order valence-electron chi connectivity index (χ2n) is 3.84. The standard InChI is InChI=1S/C12H16N4O/c1-3-16(8-9(2)7-13)12(17)10-4-5-15-11(14)6-10/h4-6,9H,3,8H2,1-2H3,(H2,14,15). The molecule has 0 bridgehead atoms. The van der Waals surface area contributed by atoms with E-state index in [2.05, 4.69) is 11.1 Å². The number of rotatable bonds is 4. The smallest absolute Gasteiger partial charge is 0.254 e. The lowest BCUT2D eigenvalue weighted by Gasteiger charge is -2.22. The van der Waals surface area contributed by atoms with Crippen molar-refractivity contribution in [3.63, 3.8) is 0 Å². The van der Waals surface area contributed by atoms with Crippen molar-refractivity contribution in [3.05, 3.63) is 23.9 Å². The molecule has 2 N–H and O–H groups in total. The normalized spacial score (nSPS) is 11.6. The van der Waals surface area contributed by atoms with Crippen molar-refractivity contribution in [2.45, 2.75) is 13.8 Å². The van der Waals surface area contributed by atoms with Crippen molar-refractivity contribution >= 4 is 11.7 Å². The van der Waals surface area contributed by atoms with Crippen molar-refractivity contribution in [1.29, 1.82) is 5.26 Å². The average molecular weight is 232 g/mol. The molecular weight excluding hydrogens is 216 g/mol. The molecule has 90 valence electrons. The van der Waals surface area contributed by atoms with Crippen molar-refractivity contribution < 1.29 is 4.79 Å². The van der Waals surface area contributed by atoms with Crippen molar-refractivity contribution in [3.8, 4) is 6.07 Å². The number of carbonyl (C=O) groups excluding carboxylic acids is 1. The number of nitrogens with two attached hydrogens (primary N) is 1. The Bertz CT molecular complexity index is 438. The Balaban J connectivity index is 2.83. The van der Waals surface area contributed by atoms with E-state index in [9.17, 15) is 4.79 Å². The molecule has 1 atom stereocenters. The Labute approximate surface area is 101 Å². The van der Waals surface area contributed by atoms with E-state index >= 15 is 0 Å². The molecule has 1 aromatic rings. The topological polar surface area (TPSA) is 83.0 Å². The zero-order valence-corrected chi connectivity index (χ0v) is 10.1. The predicted molar refractivity (Wildman–Crippen MR) is 65.0 cm³/mol. The highest BCUT2D eigenvalue weighted by atomic mass is 16.2. The molecule has 5 nitrogen and oxygen atoms in total. The van der Waals surface area contributed by atoms with E-state index in [1.807, 2.05) is 6.92 Å². The third-order valence-corrected chi connectivity index (χ3v) is 2.41. The van der Waals surface area contributed by atoms with Crippen LogP contribution in [0, 0.1) is 17.2 Å². The van der Waals surface area contributed by atoms with Crippen LogP contribution in [0.2, 0.25) is 0 Å². The summed E-state index contributed by atoms with van der Waals surface area (Å²) in [5, 5.41) is 8.76. The zero-order valence-electron chi connectivity index (χ0n) is 10.1. The molecular formula is C12H16N4O. The van der Waals surface area contributed by atoms with Crippen molar-refractivity contribution in [1.82, 2.24) is 9.88 Å². The third kappa shape index (κ3) is 3.45. The summed E-state index contributed by atoms with van der Waals surface area (Å²) in [5.41, 5.74) is 6.04. The molecule has 1 amide bonds. The van der Waals surface area contributed by atoms with Crippen LogP contribution >= 0.6 is 0 Å².